The Morgan fingerprint density at radius 3 is 2.59 bits per heavy atom. The molecule has 9 heteroatoms. The van der Waals surface area contributed by atoms with E-state index in [1.165, 1.54) is 9.58 Å². The molecule has 0 bridgehead atoms. The van der Waals surface area contributed by atoms with Crippen LogP contribution in [-0.2, 0) is 22.7 Å². The minimum atomic E-state index is -0.991. The lowest BCUT2D eigenvalue weighted by Gasteiger charge is -2.31. The van der Waals surface area contributed by atoms with Gasteiger partial charge in [0.25, 0.3) is 0 Å². The van der Waals surface area contributed by atoms with E-state index < -0.39 is 6.04 Å². The van der Waals surface area contributed by atoms with Crippen LogP contribution in [0.1, 0.15) is 17.4 Å². The molecule has 37 heavy (non-hydrogen) atoms. The molecule has 0 radical (unpaired) electrons. The van der Waals surface area contributed by atoms with Gasteiger partial charge in [0.15, 0.2) is 0 Å². The molecule has 0 fully saturated rings. The van der Waals surface area contributed by atoms with Crippen LogP contribution in [0.25, 0.3) is 11.0 Å². The molecule has 0 aliphatic carbocycles. The van der Waals surface area contributed by atoms with E-state index in [9.17, 15) is 9.59 Å². The van der Waals surface area contributed by atoms with Crippen molar-refractivity contribution in [3.63, 3.8) is 0 Å². The SMILES string of the molecule is COc1cccc([C@H](C(=O)NCc2ccco2)N(C(=O)Cn2nnc3ccccc32)c2ccccc2)c1. The van der Waals surface area contributed by atoms with E-state index in [4.69, 9.17) is 9.15 Å². The van der Waals surface area contributed by atoms with Crippen molar-refractivity contribution in [3.8, 4) is 5.75 Å². The van der Waals surface area contributed by atoms with Gasteiger partial charge in [-0.2, -0.15) is 0 Å². The number of benzene rings is 3. The van der Waals surface area contributed by atoms with Crippen LogP contribution in [0.3, 0.4) is 0 Å². The zero-order chi connectivity index (χ0) is 25.6. The quantitative estimate of drug-likeness (QED) is 0.330. The number of carbonyl (C=O) groups excluding carboxylic acids is 2. The summed E-state index contributed by atoms with van der Waals surface area (Å²) in [6, 6.07) is 26.2. The molecule has 2 amide bonds. The largest absolute Gasteiger partial charge is 0.497 e. The van der Waals surface area contributed by atoms with Gasteiger partial charge in [0, 0.05) is 5.69 Å². The standard InChI is InChI=1S/C28H25N5O4/c1-36-22-12-7-9-20(17-22)27(28(35)29-18-23-13-8-16-37-23)33(21-10-3-2-4-11-21)26(34)19-32-25-15-6-5-14-24(25)30-31-32/h2-17,27H,18-19H2,1H3,(H,29,35)/t27-/m1/s1. The van der Waals surface area contributed by atoms with Crippen LogP contribution < -0.4 is 15.0 Å². The molecule has 0 spiro atoms. The van der Waals surface area contributed by atoms with Crippen LogP contribution in [0.4, 0.5) is 5.69 Å². The molecule has 1 atom stereocenters. The number of aromatic nitrogens is 3. The third-order valence-electron chi connectivity index (χ3n) is 5.94. The Kier molecular flexibility index (Phi) is 6.93. The zero-order valence-electron chi connectivity index (χ0n) is 20.2. The normalized spacial score (nSPS) is 11.7. The van der Waals surface area contributed by atoms with Gasteiger partial charge in [-0.05, 0) is 54.1 Å². The summed E-state index contributed by atoms with van der Waals surface area (Å²) in [4.78, 5) is 29.2. The average Bonchev–Trinajstić information content (AvgIpc) is 3.61. The van der Waals surface area contributed by atoms with E-state index >= 15 is 0 Å². The number of hydrogen-bond donors (Lipinski definition) is 1. The molecule has 0 aliphatic rings. The van der Waals surface area contributed by atoms with Gasteiger partial charge in [-0.15, -0.1) is 5.10 Å². The second kappa shape index (κ2) is 10.8. The van der Waals surface area contributed by atoms with Crippen molar-refractivity contribution < 1.29 is 18.7 Å². The second-order valence-electron chi connectivity index (χ2n) is 8.31. The molecule has 2 aromatic heterocycles. The number of nitrogens with zero attached hydrogens (tertiary/aromatic N) is 4. The molecule has 0 aliphatic heterocycles. The molecule has 0 saturated heterocycles. The molecule has 5 rings (SSSR count). The Labute approximate surface area is 213 Å². The Morgan fingerprint density at radius 1 is 1.00 bits per heavy atom. The summed E-state index contributed by atoms with van der Waals surface area (Å²) in [5.74, 6) is 0.474. The number of furan rings is 1. The monoisotopic (exact) mass is 495 g/mol. The zero-order valence-corrected chi connectivity index (χ0v) is 20.2. The Morgan fingerprint density at radius 2 is 1.81 bits per heavy atom. The van der Waals surface area contributed by atoms with Crippen LogP contribution in [0.15, 0.2) is 102 Å². The number of ether oxygens (including phenoxy) is 1. The lowest BCUT2D eigenvalue weighted by molar-refractivity contribution is -0.127. The number of rotatable bonds is 9. The summed E-state index contributed by atoms with van der Waals surface area (Å²) in [5, 5.41) is 11.2. The van der Waals surface area contributed by atoms with Crippen LogP contribution >= 0.6 is 0 Å². The number of methoxy groups -OCH3 is 1. The molecular formula is C28H25N5O4. The number of nitrogens with one attached hydrogen (secondary N) is 1. The van der Waals surface area contributed by atoms with Gasteiger partial charge in [-0.25, -0.2) is 4.68 Å². The van der Waals surface area contributed by atoms with Crippen molar-refractivity contribution >= 4 is 28.5 Å². The maximum absolute atomic E-state index is 14.0. The van der Waals surface area contributed by atoms with E-state index in [1.807, 2.05) is 42.5 Å². The molecule has 5 aromatic rings. The van der Waals surface area contributed by atoms with Gasteiger partial charge in [0.2, 0.25) is 11.8 Å². The Hall–Kier alpha value is -4.92. The van der Waals surface area contributed by atoms with Crippen LogP contribution in [0, 0.1) is 0 Å². The van der Waals surface area contributed by atoms with Crippen molar-refractivity contribution in [3.05, 3.63) is 109 Å². The van der Waals surface area contributed by atoms with E-state index in [1.54, 1.807) is 61.9 Å². The minimum Gasteiger partial charge on any atom is -0.497 e. The summed E-state index contributed by atoms with van der Waals surface area (Å²) in [5.41, 5.74) is 2.57. The van der Waals surface area contributed by atoms with E-state index in [2.05, 4.69) is 15.6 Å². The number of carbonyl (C=O) groups is 2. The smallest absolute Gasteiger partial charge is 0.249 e. The first-order valence-electron chi connectivity index (χ1n) is 11.7. The van der Waals surface area contributed by atoms with Crippen molar-refractivity contribution in [1.82, 2.24) is 20.3 Å². The first kappa shape index (κ1) is 23.8. The number of fused-ring (bicyclic) bond motifs is 1. The average molecular weight is 496 g/mol. The topological polar surface area (TPSA) is 102 Å². The fourth-order valence-electron chi connectivity index (χ4n) is 4.18. The van der Waals surface area contributed by atoms with Crippen molar-refractivity contribution in [2.75, 3.05) is 12.0 Å². The lowest BCUT2D eigenvalue weighted by Crippen LogP contribution is -2.45. The van der Waals surface area contributed by atoms with Gasteiger partial charge in [0.05, 0.1) is 25.4 Å². The predicted octanol–water partition coefficient (Wildman–Crippen LogP) is 4.12. The number of hydrogen-bond acceptors (Lipinski definition) is 6. The fourth-order valence-corrected chi connectivity index (χ4v) is 4.18. The first-order chi connectivity index (χ1) is 18.1. The van der Waals surface area contributed by atoms with Gasteiger partial charge >= 0.3 is 0 Å². The van der Waals surface area contributed by atoms with Crippen molar-refractivity contribution in [2.24, 2.45) is 0 Å². The number of anilines is 1. The third-order valence-corrected chi connectivity index (χ3v) is 5.94. The third kappa shape index (κ3) is 5.20. The summed E-state index contributed by atoms with van der Waals surface area (Å²) < 4.78 is 12.3. The summed E-state index contributed by atoms with van der Waals surface area (Å²) in [6.45, 7) is 0.0676. The molecule has 9 nitrogen and oxygen atoms in total. The second-order valence-corrected chi connectivity index (χ2v) is 8.31. The molecule has 186 valence electrons. The summed E-state index contributed by atoms with van der Waals surface area (Å²) in [6.07, 6.45) is 1.54. The lowest BCUT2D eigenvalue weighted by atomic mass is 10.0. The summed E-state index contributed by atoms with van der Waals surface area (Å²) >= 11 is 0. The minimum absolute atomic E-state index is 0.110. The van der Waals surface area contributed by atoms with Crippen LogP contribution in [-0.4, -0.2) is 33.9 Å². The van der Waals surface area contributed by atoms with Crippen LogP contribution in [0.2, 0.25) is 0 Å². The van der Waals surface area contributed by atoms with Gasteiger partial charge in [0.1, 0.15) is 29.6 Å². The van der Waals surface area contributed by atoms with Gasteiger partial charge < -0.3 is 14.5 Å². The van der Waals surface area contributed by atoms with E-state index in [0.717, 1.165) is 5.52 Å². The van der Waals surface area contributed by atoms with Gasteiger partial charge in [-0.3, -0.25) is 14.5 Å². The van der Waals surface area contributed by atoms with Crippen molar-refractivity contribution in [1.29, 1.82) is 0 Å². The maximum atomic E-state index is 14.0. The maximum Gasteiger partial charge on any atom is 0.249 e. The molecule has 3 aromatic carbocycles. The highest BCUT2D eigenvalue weighted by atomic mass is 16.5. The fraction of sp³-hybridized carbons (Fsp3) is 0.143. The number of para-hydroxylation sites is 2. The highest BCUT2D eigenvalue weighted by Gasteiger charge is 2.33. The molecule has 1 N–H and O–H groups in total. The highest BCUT2D eigenvalue weighted by molar-refractivity contribution is 6.01. The predicted molar refractivity (Wildman–Crippen MR) is 138 cm³/mol. The van der Waals surface area contributed by atoms with E-state index in [0.29, 0.717) is 28.3 Å². The van der Waals surface area contributed by atoms with Gasteiger partial charge in [-0.1, -0.05) is 47.7 Å². The molecule has 0 unspecified atom stereocenters. The van der Waals surface area contributed by atoms with Crippen molar-refractivity contribution in [2.45, 2.75) is 19.1 Å². The Bertz CT molecular complexity index is 1500. The number of amides is 2. The Balaban J connectivity index is 1.55. The first-order valence-corrected chi connectivity index (χ1v) is 11.7. The molecule has 0 saturated carbocycles. The molecule has 2 heterocycles. The summed E-state index contributed by atoms with van der Waals surface area (Å²) in [7, 11) is 1.56. The van der Waals surface area contributed by atoms with Crippen LogP contribution in [0.5, 0.6) is 5.75 Å². The molecular weight excluding hydrogens is 470 g/mol. The highest BCUT2D eigenvalue weighted by Crippen LogP contribution is 2.30. The van der Waals surface area contributed by atoms with E-state index in [-0.39, 0.29) is 24.9 Å².